The van der Waals surface area contributed by atoms with Crippen molar-refractivity contribution in [2.75, 3.05) is 13.2 Å². The summed E-state index contributed by atoms with van der Waals surface area (Å²) < 4.78 is 12.7. The van der Waals surface area contributed by atoms with E-state index < -0.39 is 0 Å². The van der Waals surface area contributed by atoms with Crippen molar-refractivity contribution in [1.29, 1.82) is 0 Å². The van der Waals surface area contributed by atoms with Crippen LogP contribution in [0.15, 0.2) is 0 Å². The first-order valence-corrected chi connectivity index (χ1v) is 11.8. The summed E-state index contributed by atoms with van der Waals surface area (Å²) in [6.07, 6.45) is 8.79. The molecular weight excluding hydrogens is 348 g/mol. The molecule has 164 valence electrons. The first kappa shape index (κ1) is 23.9. The first-order valence-electron chi connectivity index (χ1n) is 11.8. The molecule has 3 heteroatoms. The molecular formula is C25H46O3. The number of ether oxygens (including phenoxy) is 2. The Hall–Kier alpha value is -0.410. The van der Waals surface area contributed by atoms with Gasteiger partial charge in [0.05, 0.1) is 13.2 Å². The Balaban J connectivity index is 0.00000136. The molecule has 0 aromatic carbocycles. The number of rotatable bonds is 5. The maximum absolute atomic E-state index is 11.3. The van der Waals surface area contributed by atoms with Crippen LogP contribution < -0.4 is 0 Å². The molecule has 3 fully saturated rings. The highest BCUT2D eigenvalue weighted by Gasteiger charge is 2.62. The van der Waals surface area contributed by atoms with Crippen LogP contribution in [0.1, 0.15) is 100 Å². The summed E-state index contributed by atoms with van der Waals surface area (Å²) in [5, 5.41) is 0. The summed E-state index contributed by atoms with van der Waals surface area (Å²) in [4.78, 5) is 11.3. The Kier molecular flexibility index (Phi) is 7.46. The Morgan fingerprint density at radius 3 is 2.21 bits per heavy atom. The maximum Gasteiger partial charge on any atom is 0.171 e. The summed E-state index contributed by atoms with van der Waals surface area (Å²) in [6, 6.07) is 0. The minimum Gasteiger partial charge on any atom is -0.350 e. The highest BCUT2D eigenvalue weighted by atomic mass is 16.7. The molecule has 28 heavy (non-hydrogen) atoms. The van der Waals surface area contributed by atoms with Crippen molar-refractivity contribution in [3.63, 3.8) is 0 Å². The smallest absolute Gasteiger partial charge is 0.171 e. The fourth-order valence-electron chi connectivity index (χ4n) is 6.58. The van der Waals surface area contributed by atoms with Crippen molar-refractivity contribution in [2.24, 2.45) is 34.0 Å². The fraction of sp³-hybridized carbons (Fsp3) is 0.960. The highest BCUT2D eigenvalue weighted by Crippen LogP contribution is 2.65. The lowest BCUT2D eigenvalue weighted by molar-refractivity contribution is -0.323. The molecule has 3 aliphatic rings. The Morgan fingerprint density at radius 2 is 1.64 bits per heavy atom. The normalized spacial score (nSPS) is 33.6. The maximum atomic E-state index is 11.3. The number of fused-ring (bicyclic) bond motifs is 2. The van der Waals surface area contributed by atoms with Gasteiger partial charge in [0.1, 0.15) is 6.29 Å². The van der Waals surface area contributed by atoms with Crippen LogP contribution in [0.4, 0.5) is 0 Å². The summed E-state index contributed by atoms with van der Waals surface area (Å²) in [6.45, 7) is 19.9. The second-order valence-corrected chi connectivity index (χ2v) is 10.7. The molecule has 2 saturated carbocycles. The molecule has 4 atom stereocenters. The Labute approximate surface area is 174 Å². The van der Waals surface area contributed by atoms with Crippen molar-refractivity contribution >= 4 is 6.29 Å². The molecule has 1 spiro atoms. The van der Waals surface area contributed by atoms with Crippen molar-refractivity contribution in [3.8, 4) is 0 Å². The topological polar surface area (TPSA) is 35.5 Å². The van der Waals surface area contributed by atoms with Gasteiger partial charge in [-0.1, -0.05) is 55.4 Å². The van der Waals surface area contributed by atoms with E-state index >= 15 is 0 Å². The summed E-state index contributed by atoms with van der Waals surface area (Å²) >= 11 is 0. The molecule has 1 heterocycles. The van der Waals surface area contributed by atoms with Gasteiger partial charge >= 0.3 is 0 Å². The van der Waals surface area contributed by atoms with E-state index in [1.807, 2.05) is 13.8 Å². The van der Waals surface area contributed by atoms with Gasteiger partial charge in [0.15, 0.2) is 5.79 Å². The van der Waals surface area contributed by atoms with Gasteiger partial charge in [-0.15, -0.1) is 0 Å². The van der Waals surface area contributed by atoms with E-state index in [4.69, 9.17) is 9.47 Å². The highest BCUT2D eigenvalue weighted by molar-refractivity contribution is 5.50. The Bertz CT molecular complexity index is 512. The SMILES string of the molecule is CC.CC(C1CCC2C3(CCCC12C)OCCCO3)C(C)(C)C(C)(C)CC=O. The van der Waals surface area contributed by atoms with Crippen LogP contribution in [-0.4, -0.2) is 25.3 Å². The van der Waals surface area contributed by atoms with Gasteiger partial charge in [0.25, 0.3) is 0 Å². The third-order valence-corrected chi connectivity index (χ3v) is 9.24. The van der Waals surface area contributed by atoms with Crippen molar-refractivity contribution in [1.82, 2.24) is 0 Å². The van der Waals surface area contributed by atoms with Gasteiger partial charge in [-0.3, -0.25) is 0 Å². The summed E-state index contributed by atoms with van der Waals surface area (Å²) in [5.74, 6) is 1.43. The second kappa shape index (κ2) is 8.76. The van der Waals surface area contributed by atoms with E-state index in [2.05, 4.69) is 41.5 Å². The van der Waals surface area contributed by atoms with E-state index in [0.717, 1.165) is 32.3 Å². The Morgan fingerprint density at radius 1 is 1.04 bits per heavy atom. The minimum absolute atomic E-state index is 0.00675. The van der Waals surface area contributed by atoms with Crippen molar-refractivity contribution in [3.05, 3.63) is 0 Å². The van der Waals surface area contributed by atoms with Gasteiger partial charge in [0.2, 0.25) is 0 Å². The lowest BCUT2D eigenvalue weighted by atomic mass is 9.52. The number of hydrogen-bond acceptors (Lipinski definition) is 3. The van der Waals surface area contributed by atoms with Gasteiger partial charge in [-0.25, -0.2) is 0 Å². The van der Waals surface area contributed by atoms with Crippen LogP contribution in [0.25, 0.3) is 0 Å². The summed E-state index contributed by atoms with van der Waals surface area (Å²) in [7, 11) is 0. The second-order valence-electron chi connectivity index (χ2n) is 10.7. The van der Waals surface area contributed by atoms with Crippen LogP contribution in [0.2, 0.25) is 0 Å². The zero-order valence-electron chi connectivity index (χ0n) is 19.9. The largest absolute Gasteiger partial charge is 0.350 e. The van der Waals surface area contributed by atoms with Crippen LogP contribution in [0.3, 0.4) is 0 Å². The average Bonchev–Trinajstić information content (AvgIpc) is 3.02. The van der Waals surface area contributed by atoms with Crippen molar-refractivity contribution < 1.29 is 14.3 Å². The molecule has 0 radical (unpaired) electrons. The number of aldehydes is 1. The molecule has 2 aliphatic carbocycles. The van der Waals surface area contributed by atoms with Crippen LogP contribution >= 0.6 is 0 Å². The number of carbonyl (C=O) groups is 1. The summed E-state index contributed by atoms with van der Waals surface area (Å²) in [5.41, 5.74) is 0.395. The van der Waals surface area contributed by atoms with E-state index in [1.54, 1.807) is 0 Å². The molecule has 0 aromatic rings. The zero-order chi connectivity index (χ0) is 21.2. The molecule has 3 rings (SSSR count). The predicted molar refractivity (Wildman–Crippen MR) is 116 cm³/mol. The molecule has 0 bridgehead atoms. The first-order chi connectivity index (χ1) is 13.1. The van der Waals surface area contributed by atoms with Gasteiger partial charge in [-0.2, -0.15) is 0 Å². The third kappa shape index (κ3) is 3.83. The van der Waals surface area contributed by atoms with Gasteiger partial charge in [-0.05, 0) is 60.2 Å². The number of hydrogen-bond donors (Lipinski definition) is 0. The molecule has 0 amide bonds. The quantitative estimate of drug-likeness (QED) is 0.490. The molecule has 0 N–H and O–H groups in total. The van der Waals surface area contributed by atoms with Crippen molar-refractivity contribution in [2.45, 2.75) is 106 Å². The lowest BCUT2D eigenvalue weighted by Gasteiger charge is -2.56. The molecule has 1 aliphatic heterocycles. The van der Waals surface area contributed by atoms with Crippen LogP contribution in [-0.2, 0) is 14.3 Å². The predicted octanol–water partition coefficient (Wildman–Crippen LogP) is 6.64. The standard InChI is InChI=1S/C23H40O3.C2H6/c1-17(21(4,5)20(2,3)13-14-24)18-9-10-19-22(18,6)11-7-12-23(19)25-15-8-16-26-23;1-2/h14,17-19H,7-13,15-16H2,1-6H3;1-2H3. The average molecular weight is 395 g/mol. The van der Waals surface area contributed by atoms with Crippen LogP contribution in [0, 0.1) is 34.0 Å². The number of carbonyl (C=O) groups excluding carboxylic acids is 1. The molecule has 4 unspecified atom stereocenters. The molecule has 1 saturated heterocycles. The zero-order valence-corrected chi connectivity index (χ0v) is 19.9. The van der Waals surface area contributed by atoms with Gasteiger partial charge < -0.3 is 14.3 Å². The third-order valence-electron chi connectivity index (χ3n) is 9.24. The van der Waals surface area contributed by atoms with Crippen LogP contribution in [0.5, 0.6) is 0 Å². The lowest BCUT2D eigenvalue weighted by Crippen LogP contribution is -2.56. The molecule has 3 nitrogen and oxygen atoms in total. The van der Waals surface area contributed by atoms with Gasteiger partial charge in [0, 0.05) is 18.8 Å². The molecule has 0 aromatic heterocycles. The van der Waals surface area contributed by atoms with E-state index in [9.17, 15) is 4.79 Å². The van der Waals surface area contributed by atoms with E-state index in [-0.39, 0.29) is 22.0 Å². The van der Waals surface area contributed by atoms with E-state index in [1.165, 1.54) is 25.7 Å². The fourth-order valence-corrected chi connectivity index (χ4v) is 6.58. The monoisotopic (exact) mass is 394 g/mol. The minimum atomic E-state index is -0.317. The van der Waals surface area contributed by atoms with E-state index in [0.29, 0.717) is 24.2 Å².